The van der Waals surface area contributed by atoms with Crippen LogP contribution in [0.3, 0.4) is 0 Å². The molecule has 0 bridgehead atoms. The van der Waals surface area contributed by atoms with E-state index in [0.29, 0.717) is 23.7 Å². The Morgan fingerprint density at radius 1 is 1.00 bits per heavy atom. The van der Waals surface area contributed by atoms with Crippen molar-refractivity contribution in [3.8, 4) is 0 Å². The molecular formula is C19H18ClNO5S. The summed E-state index contributed by atoms with van der Waals surface area (Å²) in [7, 11) is -3.63. The van der Waals surface area contributed by atoms with Gasteiger partial charge in [-0.15, -0.1) is 0 Å². The number of ether oxygens (including phenoxy) is 1. The first-order valence-corrected chi connectivity index (χ1v) is 10.3. The number of carbonyl (C=O) groups is 2. The van der Waals surface area contributed by atoms with Crippen LogP contribution in [0.4, 0.5) is 0 Å². The van der Waals surface area contributed by atoms with Crippen molar-refractivity contribution in [2.45, 2.75) is 17.7 Å². The molecule has 1 heterocycles. The van der Waals surface area contributed by atoms with E-state index in [1.807, 2.05) is 0 Å². The Hall–Kier alpha value is -2.22. The molecule has 1 aliphatic heterocycles. The molecular weight excluding hydrogens is 390 g/mol. The van der Waals surface area contributed by atoms with Gasteiger partial charge in [0.05, 0.1) is 10.5 Å². The zero-order valence-corrected chi connectivity index (χ0v) is 16.0. The first-order chi connectivity index (χ1) is 12.9. The number of hydrogen-bond acceptors (Lipinski definition) is 5. The van der Waals surface area contributed by atoms with Gasteiger partial charge in [-0.05, 0) is 43.2 Å². The first-order valence-electron chi connectivity index (χ1n) is 8.44. The molecule has 2 aromatic rings. The van der Waals surface area contributed by atoms with E-state index in [4.69, 9.17) is 16.3 Å². The third kappa shape index (κ3) is 4.55. The number of benzene rings is 2. The van der Waals surface area contributed by atoms with Crippen molar-refractivity contribution >= 4 is 33.4 Å². The number of halogens is 1. The van der Waals surface area contributed by atoms with Gasteiger partial charge < -0.3 is 4.74 Å². The fourth-order valence-electron chi connectivity index (χ4n) is 2.82. The lowest BCUT2D eigenvalue weighted by Crippen LogP contribution is -2.28. The summed E-state index contributed by atoms with van der Waals surface area (Å²) in [6, 6.07) is 12.0. The highest BCUT2D eigenvalue weighted by Crippen LogP contribution is 2.22. The summed E-state index contributed by atoms with van der Waals surface area (Å²) in [4.78, 5) is 24.4. The first kappa shape index (κ1) is 19.5. The van der Waals surface area contributed by atoms with E-state index in [-0.39, 0.29) is 10.5 Å². The van der Waals surface area contributed by atoms with E-state index in [1.54, 1.807) is 18.2 Å². The molecule has 0 spiro atoms. The van der Waals surface area contributed by atoms with E-state index >= 15 is 0 Å². The summed E-state index contributed by atoms with van der Waals surface area (Å²) in [5.74, 6) is -1.16. The lowest BCUT2D eigenvalue weighted by Gasteiger charge is -2.15. The zero-order valence-electron chi connectivity index (χ0n) is 14.4. The van der Waals surface area contributed by atoms with Crippen LogP contribution in [0.5, 0.6) is 0 Å². The van der Waals surface area contributed by atoms with Crippen LogP contribution >= 0.6 is 11.6 Å². The maximum atomic E-state index is 12.6. The quantitative estimate of drug-likeness (QED) is 0.542. The predicted octanol–water partition coefficient (Wildman–Crippen LogP) is 3.16. The van der Waals surface area contributed by atoms with Crippen LogP contribution in [0.2, 0.25) is 5.02 Å². The molecule has 0 atom stereocenters. The summed E-state index contributed by atoms with van der Waals surface area (Å²) >= 11 is 5.84. The Kier molecular flexibility index (Phi) is 5.94. The number of ketones is 1. The van der Waals surface area contributed by atoms with E-state index in [0.717, 1.165) is 12.8 Å². The van der Waals surface area contributed by atoms with Crippen LogP contribution in [0.15, 0.2) is 53.4 Å². The number of carbonyl (C=O) groups excluding carboxylic acids is 2. The highest BCUT2D eigenvalue weighted by atomic mass is 35.5. The van der Waals surface area contributed by atoms with Gasteiger partial charge in [0.25, 0.3) is 0 Å². The predicted molar refractivity (Wildman–Crippen MR) is 100 cm³/mol. The Morgan fingerprint density at radius 2 is 1.67 bits per heavy atom. The molecule has 142 valence electrons. The molecule has 0 aliphatic carbocycles. The van der Waals surface area contributed by atoms with Gasteiger partial charge in [-0.2, -0.15) is 4.31 Å². The minimum atomic E-state index is -3.63. The number of nitrogens with zero attached hydrogens (tertiary/aromatic N) is 1. The Labute approximate surface area is 162 Å². The van der Waals surface area contributed by atoms with Crippen LogP contribution in [0.1, 0.15) is 33.6 Å². The zero-order chi connectivity index (χ0) is 19.4. The highest BCUT2D eigenvalue weighted by molar-refractivity contribution is 7.89. The third-order valence-corrected chi connectivity index (χ3v) is 6.38. The lowest BCUT2D eigenvalue weighted by atomic mass is 10.1. The van der Waals surface area contributed by atoms with E-state index in [9.17, 15) is 18.0 Å². The van der Waals surface area contributed by atoms with Gasteiger partial charge in [0.1, 0.15) is 0 Å². The fourth-order valence-corrected chi connectivity index (χ4v) is 4.57. The Morgan fingerprint density at radius 3 is 2.37 bits per heavy atom. The fraction of sp³-hybridized carbons (Fsp3) is 0.263. The molecule has 0 aromatic heterocycles. The van der Waals surface area contributed by atoms with Crippen molar-refractivity contribution in [1.82, 2.24) is 4.31 Å². The summed E-state index contributed by atoms with van der Waals surface area (Å²) in [5.41, 5.74) is 0.412. The minimum Gasteiger partial charge on any atom is -0.454 e. The number of esters is 1. The van der Waals surface area contributed by atoms with Crippen LogP contribution < -0.4 is 0 Å². The van der Waals surface area contributed by atoms with E-state index in [1.165, 1.54) is 34.6 Å². The van der Waals surface area contributed by atoms with Crippen LogP contribution in [0, 0.1) is 0 Å². The molecule has 1 saturated heterocycles. The molecule has 6 nitrogen and oxygen atoms in total. The molecule has 8 heteroatoms. The van der Waals surface area contributed by atoms with Crippen LogP contribution in [-0.2, 0) is 14.8 Å². The second-order valence-corrected chi connectivity index (χ2v) is 8.52. The van der Waals surface area contributed by atoms with Crippen molar-refractivity contribution in [2.75, 3.05) is 19.7 Å². The average Bonchev–Trinajstić information content (AvgIpc) is 3.21. The van der Waals surface area contributed by atoms with Gasteiger partial charge in [0.15, 0.2) is 12.4 Å². The van der Waals surface area contributed by atoms with Crippen molar-refractivity contribution in [1.29, 1.82) is 0 Å². The van der Waals surface area contributed by atoms with Crippen LogP contribution in [-0.4, -0.2) is 44.2 Å². The smallest absolute Gasteiger partial charge is 0.338 e. The normalized spacial score (nSPS) is 14.9. The number of rotatable bonds is 6. The molecule has 0 N–H and O–H groups in total. The summed E-state index contributed by atoms with van der Waals surface area (Å²) in [6.07, 6.45) is 1.65. The second-order valence-electron chi connectivity index (χ2n) is 6.15. The molecule has 0 saturated carbocycles. The maximum Gasteiger partial charge on any atom is 0.338 e. The largest absolute Gasteiger partial charge is 0.454 e. The van der Waals surface area contributed by atoms with Gasteiger partial charge in [0, 0.05) is 23.7 Å². The van der Waals surface area contributed by atoms with Gasteiger partial charge in [-0.25, -0.2) is 13.2 Å². The average molecular weight is 408 g/mol. The summed E-state index contributed by atoms with van der Waals surface area (Å²) in [5, 5.41) is 0.409. The van der Waals surface area contributed by atoms with Gasteiger partial charge >= 0.3 is 5.97 Å². The van der Waals surface area contributed by atoms with Crippen molar-refractivity contribution in [3.63, 3.8) is 0 Å². The SMILES string of the molecule is O=C(COC(=O)c1cccc(S(=O)(=O)N2CCCC2)c1)c1cccc(Cl)c1. The number of Topliss-reactive ketones (excluding diaryl/α,β-unsaturated/α-hetero) is 1. The van der Waals surface area contributed by atoms with Gasteiger partial charge in [0.2, 0.25) is 10.0 Å². The van der Waals surface area contributed by atoms with Crippen molar-refractivity contribution < 1.29 is 22.7 Å². The lowest BCUT2D eigenvalue weighted by molar-refractivity contribution is 0.0474. The molecule has 1 aliphatic rings. The molecule has 0 unspecified atom stereocenters. The standard InChI is InChI=1S/C19H18ClNO5S/c20-16-7-3-5-14(11-16)18(22)13-26-19(23)15-6-4-8-17(12-15)27(24,25)21-9-1-2-10-21/h3-8,11-12H,1-2,9-10,13H2. The van der Waals surface area contributed by atoms with Crippen molar-refractivity contribution in [3.05, 3.63) is 64.7 Å². The highest BCUT2D eigenvalue weighted by Gasteiger charge is 2.27. The third-order valence-electron chi connectivity index (χ3n) is 4.25. The van der Waals surface area contributed by atoms with E-state index < -0.39 is 28.4 Å². The number of hydrogen-bond donors (Lipinski definition) is 0. The molecule has 27 heavy (non-hydrogen) atoms. The minimum absolute atomic E-state index is 0.0417. The van der Waals surface area contributed by atoms with Crippen molar-refractivity contribution in [2.24, 2.45) is 0 Å². The van der Waals surface area contributed by atoms with Gasteiger partial charge in [-0.1, -0.05) is 29.8 Å². The van der Waals surface area contributed by atoms with Gasteiger partial charge in [-0.3, -0.25) is 4.79 Å². The summed E-state index contributed by atoms with van der Waals surface area (Å²) < 4.78 is 31.6. The van der Waals surface area contributed by atoms with E-state index in [2.05, 4.69) is 0 Å². The monoisotopic (exact) mass is 407 g/mol. The maximum absolute atomic E-state index is 12.6. The second kappa shape index (κ2) is 8.21. The topological polar surface area (TPSA) is 80.8 Å². The molecule has 0 amide bonds. The Balaban J connectivity index is 1.69. The molecule has 3 rings (SSSR count). The number of sulfonamides is 1. The Bertz CT molecular complexity index is 968. The molecule has 1 fully saturated rings. The molecule has 2 aromatic carbocycles. The summed E-state index contributed by atoms with van der Waals surface area (Å²) in [6.45, 7) is 0.499. The van der Waals surface area contributed by atoms with Crippen LogP contribution in [0.25, 0.3) is 0 Å². The molecule has 0 radical (unpaired) electrons.